The lowest BCUT2D eigenvalue weighted by atomic mass is 10.2. The molecule has 0 spiro atoms. The predicted molar refractivity (Wildman–Crippen MR) is 71.5 cm³/mol. The van der Waals surface area contributed by atoms with Crippen LogP contribution in [0.5, 0.6) is 17.2 Å². The van der Waals surface area contributed by atoms with Crippen molar-refractivity contribution in [2.45, 2.75) is 0 Å². The number of nitro groups is 1. The van der Waals surface area contributed by atoms with Crippen LogP contribution < -0.4 is 9.47 Å². The Morgan fingerprint density at radius 3 is 2.48 bits per heavy atom. The van der Waals surface area contributed by atoms with Crippen molar-refractivity contribution in [1.82, 2.24) is 0 Å². The van der Waals surface area contributed by atoms with Crippen molar-refractivity contribution in [2.75, 3.05) is 7.11 Å². The molecule has 0 aromatic heterocycles. The third kappa shape index (κ3) is 3.14. The summed E-state index contributed by atoms with van der Waals surface area (Å²) < 4.78 is 23.8. The Bertz CT molecular complexity index is 702. The number of nitro benzene ring substituents is 1. The molecule has 6 nitrogen and oxygen atoms in total. The van der Waals surface area contributed by atoms with E-state index in [1.807, 2.05) is 0 Å². The summed E-state index contributed by atoms with van der Waals surface area (Å²) in [5, 5.41) is 11.0. The monoisotopic (exact) mass is 291 g/mol. The van der Waals surface area contributed by atoms with Gasteiger partial charge in [0.25, 0.3) is 0 Å². The molecule has 21 heavy (non-hydrogen) atoms. The molecule has 2 aromatic rings. The Labute approximate surface area is 118 Å². The molecule has 0 fully saturated rings. The van der Waals surface area contributed by atoms with E-state index in [0.29, 0.717) is 6.29 Å². The number of carbonyl (C=O) groups is 1. The molecule has 0 radical (unpaired) electrons. The Morgan fingerprint density at radius 1 is 1.19 bits per heavy atom. The molecule has 2 aromatic carbocycles. The fourth-order valence-corrected chi connectivity index (χ4v) is 1.64. The van der Waals surface area contributed by atoms with Crippen LogP contribution in [0.3, 0.4) is 0 Å². The van der Waals surface area contributed by atoms with Gasteiger partial charge in [0.2, 0.25) is 5.75 Å². The number of hydrogen-bond acceptors (Lipinski definition) is 5. The lowest BCUT2D eigenvalue weighted by molar-refractivity contribution is -0.385. The zero-order valence-electron chi connectivity index (χ0n) is 10.9. The second-order valence-electron chi connectivity index (χ2n) is 4.00. The van der Waals surface area contributed by atoms with Crippen LogP contribution in [0.15, 0.2) is 36.4 Å². The van der Waals surface area contributed by atoms with E-state index in [2.05, 4.69) is 0 Å². The van der Waals surface area contributed by atoms with Gasteiger partial charge in [-0.1, -0.05) is 0 Å². The number of hydrogen-bond donors (Lipinski definition) is 0. The summed E-state index contributed by atoms with van der Waals surface area (Å²) in [4.78, 5) is 20.9. The van der Waals surface area contributed by atoms with Crippen molar-refractivity contribution in [1.29, 1.82) is 0 Å². The molecule has 0 saturated heterocycles. The molecule has 0 atom stereocenters. The van der Waals surface area contributed by atoms with Crippen LogP contribution >= 0.6 is 0 Å². The first-order chi connectivity index (χ1) is 10.0. The number of ether oxygens (including phenoxy) is 2. The number of nitrogens with zero attached hydrogens (tertiary/aromatic N) is 1. The van der Waals surface area contributed by atoms with E-state index >= 15 is 0 Å². The molecule has 0 heterocycles. The van der Waals surface area contributed by atoms with Crippen LogP contribution in [-0.4, -0.2) is 18.3 Å². The van der Waals surface area contributed by atoms with Crippen molar-refractivity contribution < 1.29 is 23.6 Å². The van der Waals surface area contributed by atoms with Crippen molar-refractivity contribution in [3.63, 3.8) is 0 Å². The summed E-state index contributed by atoms with van der Waals surface area (Å²) in [5.74, 6) is -0.844. The number of rotatable bonds is 5. The molecule has 2 rings (SSSR count). The third-order valence-electron chi connectivity index (χ3n) is 2.67. The molecule has 0 bridgehead atoms. The second kappa shape index (κ2) is 6.00. The maximum Gasteiger partial charge on any atom is 0.315 e. The topological polar surface area (TPSA) is 78.7 Å². The lowest BCUT2D eigenvalue weighted by Crippen LogP contribution is -1.96. The molecule has 0 aliphatic carbocycles. The molecular formula is C14H10FNO5. The molecule has 0 aliphatic rings. The predicted octanol–water partition coefficient (Wildman–Crippen LogP) is 3.35. The van der Waals surface area contributed by atoms with Gasteiger partial charge >= 0.3 is 5.69 Å². The van der Waals surface area contributed by atoms with Crippen molar-refractivity contribution in [3.8, 4) is 17.2 Å². The summed E-state index contributed by atoms with van der Waals surface area (Å²) in [5.41, 5.74) is -0.211. The zero-order chi connectivity index (χ0) is 15.4. The van der Waals surface area contributed by atoms with E-state index in [1.54, 1.807) is 0 Å². The number of aldehydes is 1. The molecule has 108 valence electrons. The SMILES string of the molecule is COc1ccc(Oc2ccc(C=O)cc2F)c([N+](=O)[O-])c1. The lowest BCUT2D eigenvalue weighted by Gasteiger charge is -2.08. The van der Waals surface area contributed by atoms with Gasteiger partial charge in [0.05, 0.1) is 18.1 Å². The molecule has 0 N–H and O–H groups in total. The van der Waals surface area contributed by atoms with Gasteiger partial charge in [-0.2, -0.15) is 0 Å². The van der Waals surface area contributed by atoms with Crippen molar-refractivity contribution >= 4 is 12.0 Å². The summed E-state index contributed by atoms with van der Waals surface area (Å²) >= 11 is 0. The first kappa shape index (κ1) is 14.4. The summed E-state index contributed by atoms with van der Waals surface area (Å²) in [6, 6.07) is 7.50. The standard InChI is InChI=1S/C14H10FNO5/c1-20-10-3-5-14(12(7-10)16(18)19)21-13-4-2-9(8-17)6-11(13)15/h2-8H,1H3. The number of benzene rings is 2. The van der Waals surface area contributed by atoms with E-state index in [0.717, 1.165) is 6.07 Å². The van der Waals surface area contributed by atoms with Gasteiger partial charge in [0, 0.05) is 5.56 Å². The fourth-order valence-electron chi connectivity index (χ4n) is 1.64. The van der Waals surface area contributed by atoms with Gasteiger partial charge in [0.15, 0.2) is 11.6 Å². The largest absolute Gasteiger partial charge is 0.496 e. The van der Waals surface area contributed by atoms with Crippen LogP contribution in [0, 0.1) is 15.9 Å². The quantitative estimate of drug-likeness (QED) is 0.479. The first-order valence-electron chi connectivity index (χ1n) is 5.80. The smallest absolute Gasteiger partial charge is 0.315 e. The number of halogens is 1. The normalized spacial score (nSPS) is 10.0. The summed E-state index contributed by atoms with van der Waals surface area (Å²) in [6.45, 7) is 0. The summed E-state index contributed by atoms with van der Waals surface area (Å²) in [6.07, 6.45) is 0.489. The van der Waals surface area contributed by atoms with Crippen LogP contribution in [0.25, 0.3) is 0 Å². The Kier molecular flexibility index (Phi) is 4.13. The number of carbonyl (C=O) groups excluding carboxylic acids is 1. The van der Waals surface area contributed by atoms with E-state index in [9.17, 15) is 19.3 Å². The van der Waals surface area contributed by atoms with Gasteiger partial charge in [-0.3, -0.25) is 14.9 Å². The second-order valence-corrected chi connectivity index (χ2v) is 4.00. The molecular weight excluding hydrogens is 281 g/mol. The van der Waals surface area contributed by atoms with E-state index in [4.69, 9.17) is 9.47 Å². The highest BCUT2D eigenvalue weighted by Gasteiger charge is 2.18. The maximum absolute atomic E-state index is 13.7. The Hall–Kier alpha value is -2.96. The van der Waals surface area contributed by atoms with Crippen molar-refractivity contribution in [2.24, 2.45) is 0 Å². The summed E-state index contributed by atoms with van der Waals surface area (Å²) in [7, 11) is 1.37. The maximum atomic E-state index is 13.7. The minimum Gasteiger partial charge on any atom is -0.496 e. The average molecular weight is 291 g/mol. The molecule has 0 unspecified atom stereocenters. The molecule has 7 heteroatoms. The minimum absolute atomic E-state index is 0.126. The van der Waals surface area contributed by atoms with Crippen LogP contribution in [0.2, 0.25) is 0 Å². The number of methoxy groups -OCH3 is 1. The van der Waals surface area contributed by atoms with Gasteiger partial charge in [-0.25, -0.2) is 4.39 Å². The highest BCUT2D eigenvalue weighted by Crippen LogP contribution is 2.35. The minimum atomic E-state index is -0.787. The first-order valence-corrected chi connectivity index (χ1v) is 5.80. The van der Waals surface area contributed by atoms with E-state index < -0.39 is 10.7 Å². The van der Waals surface area contributed by atoms with Crippen LogP contribution in [0.1, 0.15) is 10.4 Å². The van der Waals surface area contributed by atoms with E-state index in [-0.39, 0.29) is 28.5 Å². The average Bonchev–Trinajstić information content (AvgIpc) is 2.49. The third-order valence-corrected chi connectivity index (χ3v) is 2.67. The highest BCUT2D eigenvalue weighted by molar-refractivity contribution is 5.75. The highest BCUT2D eigenvalue weighted by atomic mass is 19.1. The Morgan fingerprint density at radius 2 is 1.90 bits per heavy atom. The van der Waals surface area contributed by atoms with Gasteiger partial charge in [-0.15, -0.1) is 0 Å². The molecule has 0 aliphatic heterocycles. The zero-order valence-corrected chi connectivity index (χ0v) is 10.9. The Balaban J connectivity index is 2.39. The van der Waals surface area contributed by atoms with Crippen LogP contribution in [-0.2, 0) is 0 Å². The van der Waals surface area contributed by atoms with Crippen LogP contribution in [0.4, 0.5) is 10.1 Å². The van der Waals surface area contributed by atoms with Gasteiger partial charge in [-0.05, 0) is 30.3 Å². The van der Waals surface area contributed by atoms with E-state index in [1.165, 1.54) is 37.4 Å². The van der Waals surface area contributed by atoms with Gasteiger partial charge in [0.1, 0.15) is 12.0 Å². The fraction of sp³-hybridized carbons (Fsp3) is 0.0714. The molecule has 0 amide bonds. The van der Waals surface area contributed by atoms with Crippen molar-refractivity contribution in [3.05, 3.63) is 57.9 Å². The van der Waals surface area contributed by atoms with Gasteiger partial charge < -0.3 is 9.47 Å². The molecule has 0 saturated carbocycles.